The van der Waals surface area contributed by atoms with Crippen molar-refractivity contribution in [2.45, 2.75) is 20.8 Å². The summed E-state index contributed by atoms with van der Waals surface area (Å²) in [4.78, 5) is 15.0. The summed E-state index contributed by atoms with van der Waals surface area (Å²) in [5, 5.41) is 9.07. The normalized spacial score (nSPS) is 10.7. The number of pyridine rings is 1. The maximum absolute atomic E-state index is 11.1. The topological polar surface area (TPSA) is 68.7 Å². The second-order valence-electron chi connectivity index (χ2n) is 4.43. The van der Waals surface area contributed by atoms with Crippen LogP contribution in [0, 0.1) is 12.8 Å². The van der Waals surface area contributed by atoms with Crippen LogP contribution < -0.4 is 4.74 Å². The van der Waals surface area contributed by atoms with Gasteiger partial charge >= 0.3 is 5.97 Å². The molecular weight excluding hydrogens is 234 g/mol. The minimum absolute atomic E-state index is 0.112. The molecule has 0 amide bonds. The molecule has 1 heterocycles. The Balaban J connectivity index is 2.52. The summed E-state index contributed by atoms with van der Waals surface area (Å²) in [7, 11) is 0. The molecule has 0 saturated heterocycles. The molecule has 0 saturated carbocycles. The molecule has 5 nitrogen and oxygen atoms in total. The average molecular weight is 253 g/mol. The van der Waals surface area contributed by atoms with E-state index in [9.17, 15) is 4.79 Å². The summed E-state index contributed by atoms with van der Waals surface area (Å²) < 4.78 is 10.7. The highest BCUT2D eigenvalue weighted by atomic mass is 16.5. The number of aryl methyl sites for hydroxylation is 1. The summed E-state index contributed by atoms with van der Waals surface area (Å²) >= 11 is 0. The standard InChI is InChI=1S/C13H19NO4/c1-9(2)8-17-6-7-18-12-11(13(15)16)10(3)4-5-14-12/h4-5,9H,6-8H2,1-3H3,(H,15,16). The summed E-state index contributed by atoms with van der Waals surface area (Å²) in [6, 6.07) is 1.64. The lowest BCUT2D eigenvalue weighted by Gasteiger charge is -2.10. The van der Waals surface area contributed by atoms with Crippen LogP contribution in [0.3, 0.4) is 0 Å². The molecule has 1 aromatic rings. The molecule has 0 radical (unpaired) electrons. The number of nitrogens with zero attached hydrogens (tertiary/aromatic N) is 1. The van der Waals surface area contributed by atoms with Gasteiger partial charge in [0, 0.05) is 12.8 Å². The third-order valence-corrected chi connectivity index (χ3v) is 2.26. The van der Waals surface area contributed by atoms with Crippen LogP contribution in [-0.2, 0) is 4.74 Å². The van der Waals surface area contributed by atoms with Gasteiger partial charge in [0.15, 0.2) is 0 Å². The van der Waals surface area contributed by atoms with Gasteiger partial charge in [-0.25, -0.2) is 9.78 Å². The van der Waals surface area contributed by atoms with Gasteiger partial charge in [0.2, 0.25) is 5.88 Å². The van der Waals surface area contributed by atoms with E-state index in [1.165, 1.54) is 6.20 Å². The number of hydrogen-bond acceptors (Lipinski definition) is 4. The first-order valence-electron chi connectivity index (χ1n) is 5.91. The van der Waals surface area contributed by atoms with E-state index < -0.39 is 5.97 Å². The van der Waals surface area contributed by atoms with Gasteiger partial charge in [-0.15, -0.1) is 0 Å². The van der Waals surface area contributed by atoms with Crippen molar-refractivity contribution in [1.82, 2.24) is 4.98 Å². The smallest absolute Gasteiger partial charge is 0.341 e. The highest BCUT2D eigenvalue weighted by Gasteiger charge is 2.15. The lowest BCUT2D eigenvalue weighted by atomic mass is 10.1. The van der Waals surface area contributed by atoms with Gasteiger partial charge in [0.05, 0.1) is 6.61 Å². The van der Waals surface area contributed by atoms with Crippen LogP contribution in [0.5, 0.6) is 5.88 Å². The summed E-state index contributed by atoms with van der Waals surface area (Å²) in [5.74, 6) is -0.411. The van der Waals surface area contributed by atoms with Crippen molar-refractivity contribution in [2.24, 2.45) is 5.92 Å². The molecule has 1 aromatic heterocycles. The molecule has 100 valence electrons. The molecule has 0 aromatic carbocycles. The van der Waals surface area contributed by atoms with Crippen LogP contribution in [0.15, 0.2) is 12.3 Å². The lowest BCUT2D eigenvalue weighted by molar-refractivity contribution is 0.0672. The Morgan fingerprint density at radius 1 is 1.44 bits per heavy atom. The zero-order valence-corrected chi connectivity index (χ0v) is 11.0. The van der Waals surface area contributed by atoms with Crippen molar-refractivity contribution < 1.29 is 19.4 Å². The number of ether oxygens (including phenoxy) is 2. The van der Waals surface area contributed by atoms with Gasteiger partial charge in [-0.3, -0.25) is 0 Å². The average Bonchev–Trinajstić information content (AvgIpc) is 2.27. The van der Waals surface area contributed by atoms with Crippen LogP contribution in [0.4, 0.5) is 0 Å². The molecule has 0 aliphatic heterocycles. The van der Waals surface area contributed by atoms with Crippen molar-refractivity contribution >= 4 is 5.97 Å². The molecule has 0 aliphatic carbocycles. The van der Waals surface area contributed by atoms with Gasteiger partial charge in [-0.05, 0) is 24.5 Å². The third kappa shape index (κ3) is 4.33. The monoisotopic (exact) mass is 253 g/mol. The van der Waals surface area contributed by atoms with E-state index in [1.54, 1.807) is 13.0 Å². The SMILES string of the molecule is Cc1ccnc(OCCOCC(C)C)c1C(=O)O. The Labute approximate surface area is 107 Å². The maximum atomic E-state index is 11.1. The van der Waals surface area contributed by atoms with Crippen molar-refractivity contribution in [3.63, 3.8) is 0 Å². The van der Waals surface area contributed by atoms with E-state index >= 15 is 0 Å². The summed E-state index contributed by atoms with van der Waals surface area (Å²) in [6.45, 7) is 7.22. The summed E-state index contributed by atoms with van der Waals surface area (Å²) in [6.07, 6.45) is 1.53. The van der Waals surface area contributed by atoms with Gasteiger partial charge in [0.1, 0.15) is 12.2 Å². The zero-order chi connectivity index (χ0) is 13.5. The Hall–Kier alpha value is -1.62. The molecular formula is C13H19NO4. The van der Waals surface area contributed by atoms with Crippen molar-refractivity contribution in [2.75, 3.05) is 19.8 Å². The Bertz CT molecular complexity index is 404. The number of carboxylic acids is 1. The lowest BCUT2D eigenvalue weighted by Crippen LogP contribution is -2.13. The number of aromatic carboxylic acids is 1. The second-order valence-corrected chi connectivity index (χ2v) is 4.43. The van der Waals surface area contributed by atoms with E-state index in [0.717, 1.165) is 0 Å². The Kier molecular flexibility index (Phi) is 5.58. The minimum Gasteiger partial charge on any atom is -0.477 e. The van der Waals surface area contributed by atoms with Crippen LogP contribution in [0.25, 0.3) is 0 Å². The van der Waals surface area contributed by atoms with Crippen molar-refractivity contribution in [1.29, 1.82) is 0 Å². The summed E-state index contributed by atoms with van der Waals surface area (Å²) in [5.41, 5.74) is 0.747. The highest BCUT2D eigenvalue weighted by Crippen LogP contribution is 2.18. The zero-order valence-electron chi connectivity index (χ0n) is 11.0. The molecule has 1 rings (SSSR count). The van der Waals surface area contributed by atoms with E-state index in [2.05, 4.69) is 18.8 Å². The fourth-order valence-corrected chi connectivity index (χ4v) is 1.42. The fourth-order valence-electron chi connectivity index (χ4n) is 1.42. The van der Waals surface area contributed by atoms with Crippen molar-refractivity contribution in [3.05, 3.63) is 23.4 Å². The first kappa shape index (κ1) is 14.4. The van der Waals surface area contributed by atoms with Crippen LogP contribution in [-0.4, -0.2) is 35.9 Å². The van der Waals surface area contributed by atoms with E-state index in [-0.39, 0.29) is 11.4 Å². The van der Waals surface area contributed by atoms with Crippen LogP contribution >= 0.6 is 0 Å². The predicted octanol–water partition coefficient (Wildman–Crippen LogP) is 2.14. The number of hydrogen-bond donors (Lipinski definition) is 1. The van der Waals surface area contributed by atoms with Crippen LogP contribution in [0.1, 0.15) is 29.8 Å². The molecule has 18 heavy (non-hydrogen) atoms. The van der Waals surface area contributed by atoms with E-state index in [4.69, 9.17) is 14.6 Å². The number of carbonyl (C=O) groups is 1. The molecule has 0 spiro atoms. The first-order chi connectivity index (χ1) is 8.52. The molecule has 0 unspecified atom stereocenters. The molecule has 0 fully saturated rings. The number of carboxylic acid groups (broad SMARTS) is 1. The van der Waals surface area contributed by atoms with Gasteiger partial charge < -0.3 is 14.6 Å². The number of aromatic nitrogens is 1. The molecule has 0 aliphatic rings. The quantitative estimate of drug-likeness (QED) is 0.754. The highest BCUT2D eigenvalue weighted by molar-refractivity contribution is 5.91. The second kappa shape index (κ2) is 6.96. The largest absolute Gasteiger partial charge is 0.477 e. The number of rotatable bonds is 7. The fraction of sp³-hybridized carbons (Fsp3) is 0.538. The predicted molar refractivity (Wildman–Crippen MR) is 67.1 cm³/mol. The molecule has 1 N–H and O–H groups in total. The maximum Gasteiger partial charge on any atom is 0.341 e. The van der Waals surface area contributed by atoms with Gasteiger partial charge in [0.25, 0.3) is 0 Å². The van der Waals surface area contributed by atoms with Gasteiger partial charge in [-0.1, -0.05) is 13.8 Å². The molecule has 5 heteroatoms. The van der Waals surface area contributed by atoms with Crippen molar-refractivity contribution in [3.8, 4) is 5.88 Å². The Morgan fingerprint density at radius 3 is 2.78 bits per heavy atom. The first-order valence-corrected chi connectivity index (χ1v) is 5.91. The van der Waals surface area contributed by atoms with Gasteiger partial charge in [-0.2, -0.15) is 0 Å². The van der Waals surface area contributed by atoms with E-state index in [0.29, 0.717) is 31.3 Å². The Morgan fingerprint density at radius 2 is 2.17 bits per heavy atom. The minimum atomic E-state index is -1.03. The third-order valence-electron chi connectivity index (χ3n) is 2.26. The molecule has 0 bridgehead atoms. The van der Waals surface area contributed by atoms with Crippen LogP contribution in [0.2, 0.25) is 0 Å². The van der Waals surface area contributed by atoms with E-state index in [1.807, 2.05) is 0 Å². The molecule has 0 atom stereocenters.